The van der Waals surface area contributed by atoms with Crippen molar-refractivity contribution in [2.75, 3.05) is 0 Å². The molecule has 2 nitrogen and oxygen atoms in total. The molecule has 0 atom stereocenters. The van der Waals surface area contributed by atoms with Gasteiger partial charge in [-0.2, -0.15) is 0 Å². The van der Waals surface area contributed by atoms with Gasteiger partial charge in [-0.1, -0.05) is 38.5 Å². The van der Waals surface area contributed by atoms with E-state index in [1.807, 2.05) is 0 Å². The molecule has 16 heavy (non-hydrogen) atoms. The molecule has 0 aromatic carbocycles. The molecule has 0 aromatic heterocycles. The normalized spacial score (nSPS) is 24.3. The Hall–Kier alpha value is -0.530. The van der Waals surface area contributed by atoms with E-state index in [2.05, 4.69) is 4.90 Å². The standard InChI is InChI=1S/C14H25NO/c1-12(16)15(14-10-6-7-11-14)13-8-4-2-3-5-9-13/h13-14H,2-11H2,1H3. The van der Waals surface area contributed by atoms with Crippen LogP contribution in [0.25, 0.3) is 0 Å². The van der Waals surface area contributed by atoms with Crippen LogP contribution in [0.15, 0.2) is 0 Å². The van der Waals surface area contributed by atoms with Crippen molar-refractivity contribution in [2.45, 2.75) is 83.2 Å². The van der Waals surface area contributed by atoms with E-state index in [0.29, 0.717) is 18.0 Å². The molecule has 2 aliphatic rings. The highest BCUT2D eigenvalue weighted by atomic mass is 16.2. The lowest BCUT2D eigenvalue weighted by atomic mass is 10.0. The summed E-state index contributed by atoms with van der Waals surface area (Å²) in [7, 11) is 0. The van der Waals surface area contributed by atoms with Crippen molar-refractivity contribution >= 4 is 5.91 Å². The van der Waals surface area contributed by atoms with Gasteiger partial charge in [0.2, 0.25) is 5.91 Å². The summed E-state index contributed by atoms with van der Waals surface area (Å²) in [6.07, 6.45) is 13.0. The molecule has 2 fully saturated rings. The number of amides is 1. The molecule has 2 rings (SSSR count). The van der Waals surface area contributed by atoms with Crippen LogP contribution in [0.2, 0.25) is 0 Å². The molecular weight excluding hydrogens is 198 g/mol. The first-order chi connectivity index (χ1) is 7.79. The van der Waals surface area contributed by atoms with Gasteiger partial charge in [-0.3, -0.25) is 4.79 Å². The van der Waals surface area contributed by atoms with Crippen LogP contribution in [0.3, 0.4) is 0 Å². The Morgan fingerprint density at radius 3 is 1.56 bits per heavy atom. The molecule has 0 spiro atoms. The average Bonchev–Trinajstić information content (AvgIpc) is 2.62. The Kier molecular flexibility index (Phi) is 4.25. The topological polar surface area (TPSA) is 20.3 Å². The minimum Gasteiger partial charge on any atom is -0.337 e. The lowest BCUT2D eigenvalue weighted by molar-refractivity contribution is -0.134. The average molecular weight is 223 g/mol. The molecule has 2 heteroatoms. The molecule has 0 heterocycles. The summed E-state index contributed by atoms with van der Waals surface area (Å²) in [4.78, 5) is 14.1. The molecule has 0 unspecified atom stereocenters. The lowest BCUT2D eigenvalue weighted by Gasteiger charge is -2.35. The van der Waals surface area contributed by atoms with Gasteiger partial charge in [0, 0.05) is 19.0 Å². The molecule has 2 aliphatic carbocycles. The fourth-order valence-corrected chi connectivity index (χ4v) is 3.53. The highest BCUT2D eigenvalue weighted by molar-refractivity contribution is 5.74. The van der Waals surface area contributed by atoms with E-state index < -0.39 is 0 Å². The van der Waals surface area contributed by atoms with E-state index in [4.69, 9.17) is 0 Å². The Labute approximate surface area is 99.4 Å². The first kappa shape index (κ1) is 11.9. The first-order valence-corrected chi connectivity index (χ1v) is 7.08. The third-order valence-electron chi connectivity index (χ3n) is 4.30. The molecule has 0 aliphatic heterocycles. The maximum absolute atomic E-state index is 11.9. The molecular formula is C14H25NO. The third-order valence-corrected chi connectivity index (χ3v) is 4.30. The fourth-order valence-electron chi connectivity index (χ4n) is 3.53. The molecule has 92 valence electrons. The summed E-state index contributed by atoms with van der Waals surface area (Å²) in [6, 6.07) is 1.13. The monoisotopic (exact) mass is 223 g/mol. The first-order valence-electron chi connectivity index (χ1n) is 7.08. The van der Waals surface area contributed by atoms with Gasteiger partial charge in [-0.15, -0.1) is 0 Å². The Balaban J connectivity index is 2.01. The SMILES string of the molecule is CC(=O)N(C1CCCCCC1)C1CCCC1. The molecule has 0 N–H and O–H groups in total. The fraction of sp³-hybridized carbons (Fsp3) is 0.929. The number of carbonyl (C=O) groups is 1. The van der Waals surface area contributed by atoms with Crippen LogP contribution in [0.1, 0.15) is 71.1 Å². The summed E-state index contributed by atoms with van der Waals surface area (Å²) in [5, 5.41) is 0. The largest absolute Gasteiger partial charge is 0.337 e. The predicted molar refractivity (Wildman–Crippen MR) is 66.3 cm³/mol. The zero-order chi connectivity index (χ0) is 11.4. The predicted octanol–water partition coefficient (Wildman–Crippen LogP) is 3.50. The van der Waals surface area contributed by atoms with Gasteiger partial charge < -0.3 is 4.90 Å². The van der Waals surface area contributed by atoms with Crippen LogP contribution >= 0.6 is 0 Å². The summed E-state index contributed by atoms with van der Waals surface area (Å²) < 4.78 is 0. The molecule has 2 saturated carbocycles. The zero-order valence-corrected chi connectivity index (χ0v) is 10.6. The van der Waals surface area contributed by atoms with Crippen LogP contribution in [-0.2, 0) is 4.79 Å². The summed E-state index contributed by atoms with van der Waals surface area (Å²) in [5.74, 6) is 0.318. The molecule has 0 radical (unpaired) electrons. The van der Waals surface area contributed by atoms with E-state index in [0.717, 1.165) is 0 Å². The number of rotatable bonds is 2. The van der Waals surface area contributed by atoms with Gasteiger partial charge in [0.25, 0.3) is 0 Å². The molecule has 0 aromatic rings. The Morgan fingerprint density at radius 2 is 1.19 bits per heavy atom. The minimum absolute atomic E-state index is 0.318. The molecule has 0 saturated heterocycles. The maximum Gasteiger partial charge on any atom is 0.219 e. The van der Waals surface area contributed by atoms with Crippen molar-refractivity contribution in [1.82, 2.24) is 4.90 Å². The van der Waals surface area contributed by atoms with Crippen molar-refractivity contribution in [3.8, 4) is 0 Å². The number of hydrogen-bond donors (Lipinski definition) is 0. The number of hydrogen-bond acceptors (Lipinski definition) is 1. The van der Waals surface area contributed by atoms with Crippen molar-refractivity contribution in [2.24, 2.45) is 0 Å². The second kappa shape index (κ2) is 5.70. The van der Waals surface area contributed by atoms with Gasteiger partial charge in [0.05, 0.1) is 0 Å². The van der Waals surface area contributed by atoms with E-state index in [1.54, 1.807) is 6.92 Å². The zero-order valence-electron chi connectivity index (χ0n) is 10.6. The van der Waals surface area contributed by atoms with Crippen LogP contribution in [0, 0.1) is 0 Å². The van der Waals surface area contributed by atoms with Gasteiger partial charge in [0.1, 0.15) is 0 Å². The van der Waals surface area contributed by atoms with Crippen LogP contribution in [-0.4, -0.2) is 22.9 Å². The summed E-state index contributed by atoms with van der Waals surface area (Å²) in [6.45, 7) is 1.77. The highest BCUT2D eigenvalue weighted by Crippen LogP contribution is 2.30. The Bertz CT molecular complexity index is 225. The van der Waals surface area contributed by atoms with Gasteiger partial charge in [-0.25, -0.2) is 0 Å². The number of nitrogens with zero attached hydrogens (tertiary/aromatic N) is 1. The van der Waals surface area contributed by atoms with Crippen LogP contribution < -0.4 is 0 Å². The van der Waals surface area contributed by atoms with Crippen molar-refractivity contribution in [3.05, 3.63) is 0 Å². The third kappa shape index (κ3) is 2.78. The van der Waals surface area contributed by atoms with Gasteiger partial charge in [-0.05, 0) is 25.7 Å². The van der Waals surface area contributed by atoms with Crippen molar-refractivity contribution < 1.29 is 4.79 Å². The van der Waals surface area contributed by atoms with E-state index >= 15 is 0 Å². The second-order valence-electron chi connectivity index (χ2n) is 5.51. The Morgan fingerprint density at radius 1 is 0.812 bits per heavy atom. The minimum atomic E-state index is 0.318. The summed E-state index contributed by atoms with van der Waals surface area (Å²) in [5.41, 5.74) is 0. The van der Waals surface area contributed by atoms with Crippen molar-refractivity contribution in [3.63, 3.8) is 0 Å². The van der Waals surface area contributed by atoms with E-state index in [9.17, 15) is 4.79 Å². The highest BCUT2D eigenvalue weighted by Gasteiger charge is 2.30. The van der Waals surface area contributed by atoms with Crippen LogP contribution in [0.4, 0.5) is 0 Å². The second-order valence-corrected chi connectivity index (χ2v) is 5.51. The molecule has 0 bridgehead atoms. The van der Waals surface area contributed by atoms with Gasteiger partial charge >= 0.3 is 0 Å². The summed E-state index contributed by atoms with van der Waals surface area (Å²) >= 11 is 0. The smallest absolute Gasteiger partial charge is 0.219 e. The van der Waals surface area contributed by atoms with Crippen molar-refractivity contribution in [1.29, 1.82) is 0 Å². The van der Waals surface area contributed by atoms with E-state index in [-0.39, 0.29) is 0 Å². The van der Waals surface area contributed by atoms with Gasteiger partial charge in [0.15, 0.2) is 0 Å². The van der Waals surface area contributed by atoms with Crippen LogP contribution in [0.5, 0.6) is 0 Å². The quantitative estimate of drug-likeness (QED) is 0.656. The molecule has 1 amide bonds. The van der Waals surface area contributed by atoms with E-state index in [1.165, 1.54) is 64.2 Å². The lowest BCUT2D eigenvalue weighted by Crippen LogP contribution is -2.44. The number of carbonyl (C=O) groups excluding carboxylic acids is 1. The maximum atomic E-state index is 11.9.